The third kappa shape index (κ3) is 3.37. The van der Waals surface area contributed by atoms with Gasteiger partial charge in [0.05, 0.1) is 5.69 Å². The van der Waals surface area contributed by atoms with E-state index < -0.39 is 6.10 Å². The number of fused-ring (bicyclic) bond motifs is 1. The second-order valence-electron chi connectivity index (χ2n) is 5.13. The molecule has 5 heteroatoms. The minimum absolute atomic E-state index is 0.155. The molecule has 1 heterocycles. The van der Waals surface area contributed by atoms with Crippen molar-refractivity contribution in [3.05, 3.63) is 30.0 Å². The van der Waals surface area contributed by atoms with Crippen molar-refractivity contribution in [2.45, 2.75) is 32.9 Å². The van der Waals surface area contributed by atoms with Crippen LogP contribution in [0.15, 0.2) is 28.7 Å². The van der Waals surface area contributed by atoms with E-state index in [9.17, 15) is 9.90 Å². The molecule has 0 aliphatic carbocycles. The van der Waals surface area contributed by atoms with Gasteiger partial charge in [0.2, 0.25) is 5.91 Å². The summed E-state index contributed by atoms with van der Waals surface area (Å²) < 4.78 is 5.69. The smallest absolute Gasteiger partial charge is 0.221 e. The number of hydrogen-bond acceptors (Lipinski definition) is 4. The molecule has 0 fully saturated rings. The van der Waals surface area contributed by atoms with Crippen LogP contribution in [0.2, 0.25) is 0 Å². The van der Waals surface area contributed by atoms with Gasteiger partial charge in [-0.05, 0) is 12.1 Å². The number of nitrogens with one attached hydrogen (secondary N) is 2. The largest absolute Gasteiger partial charge is 0.456 e. The Morgan fingerprint density at radius 1 is 1.40 bits per heavy atom. The molecule has 2 rings (SSSR count). The first-order valence-electron chi connectivity index (χ1n) is 6.69. The Balaban J connectivity index is 2.26. The highest BCUT2D eigenvalue weighted by molar-refractivity contribution is 5.98. The van der Waals surface area contributed by atoms with E-state index in [2.05, 4.69) is 10.6 Å². The van der Waals surface area contributed by atoms with Crippen molar-refractivity contribution >= 4 is 22.6 Å². The van der Waals surface area contributed by atoms with Gasteiger partial charge in [0, 0.05) is 24.9 Å². The lowest BCUT2D eigenvalue weighted by atomic mass is 10.2. The highest BCUT2D eigenvalue weighted by Crippen LogP contribution is 2.29. The molecule has 2 aromatic rings. The normalized spacial score (nSPS) is 12.8. The lowest BCUT2D eigenvalue weighted by Gasteiger charge is -2.11. The third-order valence-corrected chi connectivity index (χ3v) is 2.92. The van der Waals surface area contributed by atoms with Crippen LogP contribution < -0.4 is 10.6 Å². The molecule has 0 radical (unpaired) electrons. The van der Waals surface area contributed by atoms with Crippen molar-refractivity contribution in [1.82, 2.24) is 5.32 Å². The summed E-state index contributed by atoms with van der Waals surface area (Å²) in [6.45, 7) is 5.90. The standard InChI is InChI=1S/C15H20N2O3/c1-9(2)16-8-13(19)14-7-11-5-4-6-12(15(11)20-14)17-10(3)18/h4-7,9,13,16,19H,8H2,1-3H3,(H,17,18). The number of carbonyl (C=O) groups is 1. The van der Waals surface area contributed by atoms with Crippen LogP contribution in [-0.2, 0) is 4.79 Å². The SMILES string of the molecule is CC(=O)Nc1cccc2cc(C(O)CNC(C)C)oc12. The molecule has 0 aliphatic heterocycles. The minimum Gasteiger partial charge on any atom is -0.456 e. The zero-order chi connectivity index (χ0) is 14.7. The summed E-state index contributed by atoms with van der Waals surface area (Å²) in [6, 6.07) is 7.59. The average Bonchev–Trinajstić information content (AvgIpc) is 2.80. The highest BCUT2D eigenvalue weighted by atomic mass is 16.4. The predicted molar refractivity (Wildman–Crippen MR) is 78.6 cm³/mol. The molecule has 0 spiro atoms. The Kier molecular flexibility index (Phi) is 4.42. The number of rotatable bonds is 5. The van der Waals surface area contributed by atoms with Gasteiger partial charge in [0.15, 0.2) is 5.58 Å². The fourth-order valence-corrected chi connectivity index (χ4v) is 1.98. The van der Waals surface area contributed by atoms with Crippen LogP contribution in [0, 0.1) is 0 Å². The first-order chi connectivity index (χ1) is 9.47. The molecular formula is C15H20N2O3. The lowest BCUT2D eigenvalue weighted by molar-refractivity contribution is -0.114. The molecule has 0 aliphatic rings. The molecular weight excluding hydrogens is 256 g/mol. The van der Waals surface area contributed by atoms with Gasteiger partial charge in [-0.2, -0.15) is 0 Å². The van der Waals surface area contributed by atoms with E-state index in [0.717, 1.165) is 5.39 Å². The molecule has 1 atom stereocenters. The molecule has 3 N–H and O–H groups in total. The number of anilines is 1. The molecule has 0 saturated carbocycles. The van der Waals surface area contributed by atoms with Gasteiger partial charge in [0.1, 0.15) is 11.9 Å². The number of carbonyl (C=O) groups excluding carboxylic acids is 1. The summed E-state index contributed by atoms with van der Waals surface area (Å²) in [5, 5.41) is 16.8. The number of aliphatic hydroxyl groups excluding tert-OH is 1. The zero-order valence-electron chi connectivity index (χ0n) is 11.9. The molecule has 0 saturated heterocycles. The lowest BCUT2D eigenvalue weighted by Crippen LogP contribution is -2.27. The summed E-state index contributed by atoms with van der Waals surface area (Å²) in [7, 11) is 0. The van der Waals surface area contributed by atoms with Gasteiger partial charge >= 0.3 is 0 Å². The summed E-state index contributed by atoms with van der Waals surface area (Å²) >= 11 is 0. The van der Waals surface area contributed by atoms with Crippen LogP contribution >= 0.6 is 0 Å². The van der Waals surface area contributed by atoms with E-state index in [4.69, 9.17) is 4.42 Å². The van der Waals surface area contributed by atoms with Crippen molar-refractivity contribution < 1.29 is 14.3 Å². The van der Waals surface area contributed by atoms with Crippen LogP contribution in [0.4, 0.5) is 5.69 Å². The maximum absolute atomic E-state index is 11.2. The number of benzene rings is 1. The van der Waals surface area contributed by atoms with Gasteiger partial charge < -0.3 is 20.2 Å². The molecule has 1 unspecified atom stereocenters. The fourth-order valence-electron chi connectivity index (χ4n) is 1.98. The van der Waals surface area contributed by atoms with E-state index in [0.29, 0.717) is 29.6 Å². The van der Waals surface area contributed by atoms with Gasteiger partial charge in [0.25, 0.3) is 0 Å². The molecule has 20 heavy (non-hydrogen) atoms. The quantitative estimate of drug-likeness (QED) is 0.784. The third-order valence-electron chi connectivity index (χ3n) is 2.92. The zero-order valence-corrected chi connectivity index (χ0v) is 11.9. The molecule has 108 valence electrons. The number of furan rings is 1. The van der Waals surface area contributed by atoms with Crippen LogP contribution in [0.25, 0.3) is 11.0 Å². The van der Waals surface area contributed by atoms with Gasteiger partial charge in [-0.3, -0.25) is 4.79 Å². The predicted octanol–water partition coefficient (Wildman–Crippen LogP) is 2.42. The van der Waals surface area contributed by atoms with Gasteiger partial charge in [-0.15, -0.1) is 0 Å². The molecule has 0 bridgehead atoms. The fraction of sp³-hybridized carbons (Fsp3) is 0.400. The first-order valence-corrected chi connectivity index (χ1v) is 6.69. The van der Waals surface area contributed by atoms with Crippen molar-refractivity contribution in [1.29, 1.82) is 0 Å². The van der Waals surface area contributed by atoms with Crippen molar-refractivity contribution in [3.63, 3.8) is 0 Å². The highest BCUT2D eigenvalue weighted by Gasteiger charge is 2.15. The first kappa shape index (κ1) is 14.6. The number of para-hydroxylation sites is 1. The van der Waals surface area contributed by atoms with Gasteiger partial charge in [-0.25, -0.2) is 0 Å². The summed E-state index contributed by atoms with van der Waals surface area (Å²) in [4.78, 5) is 11.2. The summed E-state index contributed by atoms with van der Waals surface area (Å²) in [6.07, 6.45) is -0.713. The van der Waals surface area contributed by atoms with E-state index in [1.54, 1.807) is 12.1 Å². The van der Waals surface area contributed by atoms with E-state index in [-0.39, 0.29) is 5.91 Å². The Bertz CT molecular complexity index is 604. The van der Waals surface area contributed by atoms with Crippen molar-refractivity contribution in [2.75, 3.05) is 11.9 Å². The second-order valence-corrected chi connectivity index (χ2v) is 5.13. The topological polar surface area (TPSA) is 74.5 Å². The van der Waals surface area contributed by atoms with Crippen LogP contribution in [0.3, 0.4) is 0 Å². The second kappa shape index (κ2) is 6.07. The number of aliphatic hydroxyl groups is 1. The molecule has 1 aromatic heterocycles. The summed E-state index contributed by atoms with van der Waals surface area (Å²) in [5.41, 5.74) is 1.20. The van der Waals surface area contributed by atoms with Crippen molar-refractivity contribution in [2.24, 2.45) is 0 Å². The van der Waals surface area contributed by atoms with Crippen LogP contribution in [0.5, 0.6) is 0 Å². The number of hydrogen-bond donors (Lipinski definition) is 3. The Labute approximate surface area is 118 Å². The monoisotopic (exact) mass is 276 g/mol. The van der Waals surface area contributed by atoms with Crippen LogP contribution in [0.1, 0.15) is 32.6 Å². The molecule has 1 amide bonds. The molecule has 5 nitrogen and oxygen atoms in total. The Hall–Kier alpha value is -1.85. The average molecular weight is 276 g/mol. The van der Waals surface area contributed by atoms with Crippen LogP contribution in [-0.4, -0.2) is 23.6 Å². The van der Waals surface area contributed by atoms with E-state index in [1.807, 2.05) is 26.0 Å². The van der Waals surface area contributed by atoms with E-state index in [1.165, 1.54) is 6.92 Å². The number of amides is 1. The maximum Gasteiger partial charge on any atom is 0.221 e. The Morgan fingerprint density at radius 2 is 2.15 bits per heavy atom. The Morgan fingerprint density at radius 3 is 2.80 bits per heavy atom. The van der Waals surface area contributed by atoms with E-state index >= 15 is 0 Å². The summed E-state index contributed by atoms with van der Waals surface area (Å²) in [5.74, 6) is 0.337. The maximum atomic E-state index is 11.2. The minimum atomic E-state index is -0.713. The van der Waals surface area contributed by atoms with Crippen molar-refractivity contribution in [3.8, 4) is 0 Å². The molecule has 1 aromatic carbocycles. The van der Waals surface area contributed by atoms with Gasteiger partial charge in [-0.1, -0.05) is 26.0 Å².